The molecule has 0 bridgehead atoms. The summed E-state index contributed by atoms with van der Waals surface area (Å²) in [4.78, 5) is 9.03. The summed E-state index contributed by atoms with van der Waals surface area (Å²) in [6.45, 7) is 1.90. The average molecular weight is 383 g/mol. The van der Waals surface area contributed by atoms with Crippen LogP contribution in [0.15, 0.2) is 79.1 Å². The third-order valence-electron chi connectivity index (χ3n) is 4.60. The van der Waals surface area contributed by atoms with Crippen LogP contribution in [0.3, 0.4) is 0 Å². The smallest absolute Gasteiger partial charge is 0.221 e. The van der Waals surface area contributed by atoms with E-state index in [4.69, 9.17) is 4.74 Å². The van der Waals surface area contributed by atoms with E-state index < -0.39 is 0 Å². The predicted molar refractivity (Wildman–Crippen MR) is 109 cm³/mol. The summed E-state index contributed by atoms with van der Waals surface area (Å²) >= 11 is 0. The number of rotatable bonds is 4. The molecular weight excluding hydrogens is 366 g/mol. The number of aromatic hydroxyl groups is 1. The third kappa shape index (κ3) is 2.98. The molecule has 5 rings (SSSR count). The van der Waals surface area contributed by atoms with Crippen molar-refractivity contribution in [1.29, 1.82) is 0 Å². The van der Waals surface area contributed by atoms with E-state index in [1.54, 1.807) is 29.2 Å². The Morgan fingerprint density at radius 3 is 2.55 bits per heavy atom. The molecule has 142 valence electrons. The van der Waals surface area contributed by atoms with Crippen LogP contribution in [0.25, 0.3) is 22.5 Å². The number of hydrogen-bond donors (Lipinski definition) is 1. The van der Waals surface area contributed by atoms with Crippen LogP contribution in [0.1, 0.15) is 5.82 Å². The number of nitrogens with zero attached hydrogens (tertiary/aromatic N) is 5. The molecule has 0 radical (unpaired) electrons. The van der Waals surface area contributed by atoms with Gasteiger partial charge < -0.3 is 9.84 Å². The van der Waals surface area contributed by atoms with E-state index in [0.29, 0.717) is 28.5 Å². The molecule has 3 heterocycles. The van der Waals surface area contributed by atoms with Gasteiger partial charge in [-0.15, -0.1) is 0 Å². The van der Waals surface area contributed by atoms with Crippen molar-refractivity contribution in [2.24, 2.45) is 0 Å². The molecule has 0 fully saturated rings. The van der Waals surface area contributed by atoms with Crippen molar-refractivity contribution < 1.29 is 9.84 Å². The Morgan fingerprint density at radius 2 is 1.76 bits per heavy atom. The molecule has 7 nitrogen and oxygen atoms in total. The van der Waals surface area contributed by atoms with Crippen molar-refractivity contribution in [3.8, 4) is 28.9 Å². The maximum atomic E-state index is 11.0. The van der Waals surface area contributed by atoms with Crippen LogP contribution in [-0.4, -0.2) is 29.4 Å². The largest absolute Gasteiger partial charge is 0.503 e. The first-order valence-electron chi connectivity index (χ1n) is 9.12. The molecule has 0 saturated carbocycles. The summed E-state index contributed by atoms with van der Waals surface area (Å²) in [6.07, 6.45) is 3.48. The maximum Gasteiger partial charge on any atom is 0.221 e. The van der Waals surface area contributed by atoms with Crippen LogP contribution in [0.4, 0.5) is 0 Å². The predicted octanol–water partition coefficient (Wildman–Crippen LogP) is 4.41. The Kier molecular flexibility index (Phi) is 3.98. The molecule has 2 aromatic carbocycles. The molecule has 0 spiro atoms. The fraction of sp³-hybridized carbons (Fsp3) is 0.0455. The first-order chi connectivity index (χ1) is 14.2. The fourth-order valence-electron chi connectivity index (χ4n) is 3.33. The zero-order valence-corrected chi connectivity index (χ0v) is 15.6. The van der Waals surface area contributed by atoms with Crippen molar-refractivity contribution in [2.75, 3.05) is 0 Å². The van der Waals surface area contributed by atoms with Crippen molar-refractivity contribution in [2.45, 2.75) is 6.92 Å². The Morgan fingerprint density at radius 1 is 0.897 bits per heavy atom. The van der Waals surface area contributed by atoms with Gasteiger partial charge >= 0.3 is 0 Å². The highest BCUT2D eigenvalue weighted by Gasteiger charge is 2.17. The summed E-state index contributed by atoms with van der Waals surface area (Å²) in [7, 11) is 0. The third-order valence-corrected chi connectivity index (χ3v) is 4.60. The number of aromatic nitrogens is 5. The van der Waals surface area contributed by atoms with E-state index in [-0.39, 0.29) is 5.75 Å². The monoisotopic (exact) mass is 383 g/mol. The number of ether oxygens (including phenoxy) is 1. The van der Waals surface area contributed by atoms with Crippen LogP contribution in [0.2, 0.25) is 0 Å². The molecule has 0 amide bonds. The fourth-order valence-corrected chi connectivity index (χ4v) is 3.33. The Hall–Kier alpha value is -4.13. The van der Waals surface area contributed by atoms with E-state index in [1.807, 2.05) is 66.1 Å². The zero-order chi connectivity index (χ0) is 19.8. The minimum atomic E-state index is 0.0123. The van der Waals surface area contributed by atoms with Crippen LogP contribution < -0.4 is 4.74 Å². The number of hydrogen-bond acceptors (Lipinski definition) is 5. The second-order valence-electron chi connectivity index (χ2n) is 6.50. The van der Waals surface area contributed by atoms with Gasteiger partial charge in [-0.2, -0.15) is 10.1 Å². The number of imidazole rings is 1. The topological polar surface area (TPSA) is 78.0 Å². The zero-order valence-electron chi connectivity index (χ0n) is 15.6. The van der Waals surface area contributed by atoms with Crippen molar-refractivity contribution in [3.63, 3.8) is 0 Å². The first kappa shape index (κ1) is 17.0. The van der Waals surface area contributed by atoms with Gasteiger partial charge in [-0.3, -0.25) is 4.57 Å². The minimum absolute atomic E-state index is 0.0123. The van der Waals surface area contributed by atoms with E-state index in [0.717, 1.165) is 11.5 Å². The SMILES string of the molecule is Cc1nc2ccc(Oc3cccc(-n4cccn4)n3)c(O)c2n1-c1ccccc1. The summed E-state index contributed by atoms with van der Waals surface area (Å²) in [6, 6.07) is 20.5. The van der Waals surface area contributed by atoms with Gasteiger partial charge in [0.1, 0.15) is 11.3 Å². The molecule has 0 aliphatic heterocycles. The van der Waals surface area contributed by atoms with Crippen molar-refractivity contribution >= 4 is 11.0 Å². The molecule has 3 aromatic heterocycles. The van der Waals surface area contributed by atoms with Gasteiger partial charge in [-0.1, -0.05) is 24.3 Å². The second kappa shape index (κ2) is 6.79. The average Bonchev–Trinajstić information content (AvgIpc) is 3.39. The lowest BCUT2D eigenvalue weighted by Crippen LogP contribution is -1.99. The molecule has 0 aliphatic carbocycles. The van der Waals surface area contributed by atoms with Gasteiger partial charge in [-0.25, -0.2) is 9.67 Å². The number of phenolic OH excluding ortho intramolecular Hbond substituents is 1. The molecule has 0 saturated heterocycles. The molecule has 7 heteroatoms. The van der Waals surface area contributed by atoms with Crippen LogP contribution >= 0.6 is 0 Å². The standard InChI is InChI=1S/C22H17N5O2/c1-15-24-17-11-12-18(22(28)21(17)27(15)16-7-3-2-4-8-16)29-20-10-5-9-19(25-20)26-14-6-13-23-26/h2-14,28H,1H3. The molecular formula is C22H17N5O2. The van der Waals surface area contributed by atoms with Gasteiger partial charge in [-0.05, 0) is 43.3 Å². The molecule has 0 unspecified atom stereocenters. The number of fused-ring (bicyclic) bond motifs is 1. The molecule has 0 aliphatic rings. The quantitative estimate of drug-likeness (QED) is 0.497. The molecule has 29 heavy (non-hydrogen) atoms. The number of pyridine rings is 1. The Labute approximate surface area is 166 Å². The lowest BCUT2D eigenvalue weighted by molar-refractivity contribution is 0.405. The van der Waals surface area contributed by atoms with E-state index in [1.165, 1.54) is 0 Å². The number of phenols is 1. The van der Waals surface area contributed by atoms with Gasteiger partial charge in [0.25, 0.3) is 0 Å². The summed E-state index contributed by atoms with van der Waals surface area (Å²) in [5.74, 6) is 2.07. The summed E-state index contributed by atoms with van der Waals surface area (Å²) in [5, 5.41) is 15.2. The van der Waals surface area contributed by atoms with Gasteiger partial charge in [0, 0.05) is 24.1 Å². The highest BCUT2D eigenvalue weighted by Crippen LogP contribution is 2.38. The van der Waals surface area contributed by atoms with Crippen LogP contribution in [-0.2, 0) is 0 Å². The summed E-state index contributed by atoms with van der Waals surface area (Å²) in [5.41, 5.74) is 2.20. The van der Waals surface area contributed by atoms with Crippen molar-refractivity contribution in [1.82, 2.24) is 24.3 Å². The first-order valence-corrected chi connectivity index (χ1v) is 9.12. The molecule has 1 N–H and O–H groups in total. The highest BCUT2D eigenvalue weighted by molar-refractivity contribution is 5.87. The van der Waals surface area contributed by atoms with Gasteiger partial charge in [0.2, 0.25) is 5.88 Å². The molecule has 0 atom stereocenters. The van der Waals surface area contributed by atoms with Gasteiger partial charge in [0.05, 0.1) is 5.52 Å². The van der Waals surface area contributed by atoms with Crippen LogP contribution in [0, 0.1) is 6.92 Å². The Bertz CT molecular complexity index is 1290. The maximum absolute atomic E-state index is 11.0. The van der Waals surface area contributed by atoms with E-state index in [2.05, 4.69) is 15.1 Å². The minimum Gasteiger partial charge on any atom is -0.503 e. The molecule has 5 aromatic rings. The van der Waals surface area contributed by atoms with Crippen molar-refractivity contribution in [3.05, 3.63) is 84.9 Å². The highest BCUT2D eigenvalue weighted by atomic mass is 16.5. The number of para-hydroxylation sites is 1. The number of benzene rings is 2. The van der Waals surface area contributed by atoms with Gasteiger partial charge in [0.15, 0.2) is 17.3 Å². The van der Waals surface area contributed by atoms with Crippen LogP contribution in [0.5, 0.6) is 17.4 Å². The van der Waals surface area contributed by atoms with E-state index >= 15 is 0 Å². The number of aryl methyl sites for hydroxylation is 1. The lowest BCUT2D eigenvalue weighted by Gasteiger charge is -2.11. The second-order valence-corrected chi connectivity index (χ2v) is 6.50. The lowest BCUT2D eigenvalue weighted by atomic mass is 10.2. The summed E-state index contributed by atoms with van der Waals surface area (Å²) < 4.78 is 9.46. The van der Waals surface area contributed by atoms with E-state index in [9.17, 15) is 5.11 Å². The Balaban J connectivity index is 1.59. The normalized spacial score (nSPS) is 11.1.